The molecule has 0 radical (unpaired) electrons. The number of hydrogen-bond donors (Lipinski definition) is 1. The summed E-state index contributed by atoms with van der Waals surface area (Å²) in [6, 6.07) is 0. The highest BCUT2D eigenvalue weighted by Gasteiger charge is 2.07. The van der Waals surface area contributed by atoms with Crippen molar-refractivity contribution >= 4 is 0 Å². The third-order valence-electron chi connectivity index (χ3n) is 1.25. The van der Waals surface area contributed by atoms with Gasteiger partial charge in [-0.05, 0) is 0 Å². The zero-order valence-corrected chi connectivity index (χ0v) is 5.18. The van der Waals surface area contributed by atoms with Gasteiger partial charge in [0, 0.05) is 20.2 Å². The van der Waals surface area contributed by atoms with Gasteiger partial charge in [0.05, 0.1) is 13.4 Å². The van der Waals surface area contributed by atoms with Crippen LogP contribution in [0, 0.1) is 0 Å². The molecule has 3 heteroatoms. The molecule has 1 N–H and O–H groups in total. The van der Waals surface area contributed by atoms with Crippen LogP contribution in [0.1, 0.15) is 0 Å². The van der Waals surface area contributed by atoms with E-state index in [1.54, 1.807) is 7.11 Å². The van der Waals surface area contributed by atoms with Crippen molar-refractivity contribution in [2.75, 3.05) is 33.6 Å². The third-order valence-corrected chi connectivity index (χ3v) is 1.25. The van der Waals surface area contributed by atoms with Crippen molar-refractivity contribution in [2.45, 2.75) is 0 Å². The smallest absolute Gasteiger partial charge is 0.0996 e. The number of methoxy groups -OCH3 is 1. The van der Waals surface area contributed by atoms with Gasteiger partial charge in [-0.2, -0.15) is 0 Å². The predicted molar refractivity (Wildman–Crippen MR) is 31.5 cm³/mol. The molecule has 0 unspecified atom stereocenters. The Balaban J connectivity index is 2.06. The molecular formula is C5H12N2O. The van der Waals surface area contributed by atoms with E-state index in [4.69, 9.17) is 4.74 Å². The van der Waals surface area contributed by atoms with E-state index in [2.05, 4.69) is 10.2 Å². The summed E-state index contributed by atoms with van der Waals surface area (Å²) in [7, 11) is 1.72. The molecule has 1 rings (SSSR count). The molecule has 1 heterocycles. The summed E-state index contributed by atoms with van der Waals surface area (Å²) in [5.41, 5.74) is 0. The Bertz CT molecular complexity index is 61.4. The highest BCUT2D eigenvalue weighted by atomic mass is 16.5. The normalized spacial score (nSPS) is 22.1. The number of nitrogens with zero attached hydrogens (tertiary/aromatic N) is 1. The molecule has 0 aromatic carbocycles. The van der Waals surface area contributed by atoms with Crippen molar-refractivity contribution < 1.29 is 4.74 Å². The summed E-state index contributed by atoms with van der Waals surface area (Å²) in [5.74, 6) is 0. The Hall–Kier alpha value is -0.120. The lowest BCUT2D eigenvalue weighted by atomic mass is 10.6. The second-order valence-corrected chi connectivity index (χ2v) is 1.97. The molecule has 0 atom stereocenters. The number of nitrogens with one attached hydrogen (secondary N) is 1. The Kier molecular flexibility index (Phi) is 2.27. The van der Waals surface area contributed by atoms with Crippen LogP contribution in [0.5, 0.6) is 0 Å². The van der Waals surface area contributed by atoms with E-state index in [1.807, 2.05) is 0 Å². The fourth-order valence-electron chi connectivity index (χ4n) is 0.846. The number of ether oxygens (including phenoxy) is 1. The predicted octanol–water partition coefficient (Wildman–Crippen LogP) is -0.547. The van der Waals surface area contributed by atoms with Gasteiger partial charge in [-0.3, -0.25) is 4.90 Å². The lowest BCUT2D eigenvalue weighted by molar-refractivity contribution is 0.0799. The monoisotopic (exact) mass is 116 g/mol. The van der Waals surface area contributed by atoms with E-state index in [0.29, 0.717) is 0 Å². The van der Waals surface area contributed by atoms with Gasteiger partial charge >= 0.3 is 0 Å². The molecule has 0 saturated carbocycles. The average Bonchev–Trinajstić information content (AvgIpc) is 2.19. The van der Waals surface area contributed by atoms with E-state index in [-0.39, 0.29) is 0 Å². The Morgan fingerprint density at radius 2 is 2.62 bits per heavy atom. The first kappa shape index (κ1) is 6.01. The number of hydrogen-bond acceptors (Lipinski definition) is 3. The number of rotatable bonds is 2. The average molecular weight is 116 g/mol. The van der Waals surface area contributed by atoms with Crippen LogP contribution in [0.15, 0.2) is 0 Å². The molecule has 1 aliphatic rings. The Morgan fingerprint density at radius 1 is 1.75 bits per heavy atom. The highest BCUT2D eigenvalue weighted by Crippen LogP contribution is 1.89. The fraction of sp³-hybridized carbons (Fsp3) is 1.00. The lowest BCUT2D eigenvalue weighted by Gasteiger charge is -2.10. The van der Waals surface area contributed by atoms with E-state index in [9.17, 15) is 0 Å². The van der Waals surface area contributed by atoms with Crippen molar-refractivity contribution in [1.29, 1.82) is 0 Å². The zero-order chi connectivity index (χ0) is 5.82. The molecule has 0 aromatic heterocycles. The van der Waals surface area contributed by atoms with Crippen LogP contribution in [0.3, 0.4) is 0 Å². The third kappa shape index (κ3) is 1.43. The van der Waals surface area contributed by atoms with Crippen LogP contribution < -0.4 is 5.32 Å². The van der Waals surface area contributed by atoms with Crippen LogP contribution >= 0.6 is 0 Å². The van der Waals surface area contributed by atoms with Crippen LogP contribution in [0.2, 0.25) is 0 Å². The van der Waals surface area contributed by atoms with Gasteiger partial charge in [0.2, 0.25) is 0 Å². The minimum atomic E-state index is 0.757. The van der Waals surface area contributed by atoms with Crippen molar-refractivity contribution in [3.63, 3.8) is 0 Å². The molecule has 1 aliphatic heterocycles. The molecule has 1 fully saturated rings. The molecule has 1 saturated heterocycles. The second kappa shape index (κ2) is 3.02. The summed E-state index contributed by atoms with van der Waals surface area (Å²) in [4.78, 5) is 2.21. The van der Waals surface area contributed by atoms with E-state index in [1.165, 1.54) is 0 Å². The van der Waals surface area contributed by atoms with Crippen molar-refractivity contribution in [3.05, 3.63) is 0 Å². The zero-order valence-electron chi connectivity index (χ0n) is 5.18. The van der Waals surface area contributed by atoms with E-state index < -0.39 is 0 Å². The molecule has 0 bridgehead atoms. The van der Waals surface area contributed by atoms with E-state index in [0.717, 1.165) is 26.5 Å². The minimum Gasteiger partial charge on any atom is -0.369 e. The molecule has 8 heavy (non-hydrogen) atoms. The summed E-state index contributed by atoms with van der Waals surface area (Å²) >= 11 is 0. The van der Waals surface area contributed by atoms with Crippen LogP contribution in [-0.4, -0.2) is 38.5 Å². The van der Waals surface area contributed by atoms with Crippen LogP contribution in [-0.2, 0) is 4.74 Å². The SMILES string of the molecule is COCN1CCNC1. The highest BCUT2D eigenvalue weighted by molar-refractivity contribution is 4.61. The quantitative estimate of drug-likeness (QED) is 0.524. The molecule has 0 spiro atoms. The van der Waals surface area contributed by atoms with Crippen LogP contribution in [0.25, 0.3) is 0 Å². The maximum Gasteiger partial charge on any atom is 0.0996 e. The van der Waals surface area contributed by atoms with Gasteiger partial charge < -0.3 is 10.1 Å². The van der Waals surface area contributed by atoms with Crippen molar-refractivity contribution in [2.24, 2.45) is 0 Å². The van der Waals surface area contributed by atoms with Gasteiger partial charge in [0.1, 0.15) is 0 Å². The largest absolute Gasteiger partial charge is 0.369 e. The molecule has 0 amide bonds. The van der Waals surface area contributed by atoms with Gasteiger partial charge in [0.25, 0.3) is 0 Å². The Morgan fingerprint density at radius 3 is 3.12 bits per heavy atom. The molecular weight excluding hydrogens is 104 g/mol. The summed E-state index contributed by atoms with van der Waals surface area (Å²) < 4.78 is 4.91. The van der Waals surface area contributed by atoms with Gasteiger partial charge in [0.15, 0.2) is 0 Å². The minimum absolute atomic E-state index is 0.757. The van der Waals surface area contributed by atoms with Crippen molar-refractivity contribution in [3.8, 4) is 0 Å². The maximum absolute atomic E-state index is 4.91. The molecule has 0 aliphatic carbocycles. The Labute approximate surface area is 49.6 Å². The maximum atomic E-state index is 4.91. The molecule has 48 valence electrons. The van der Waals surface area contributed by atoms with Gasteiger partial charge in [-0.15, -0.1) is 0 Å². The molecule has 0 aromatic rings. The van der Waals surface area contributed by atoms with Gasteiger partial charge in [-0.1, -0.05) is 0 Å². The second-order valence-electron chi connectivity index (χ2n) is 1.97. The molecule has 3 nitrogen and oxygen atoms in total. The summed E-state index contributed by atoms with van der Waals surface area (Å²) in [5, 5.41) is 3.20. The van der Waals surface area contributed by atoms with Gasteiger partial charge in [-0.25, -0.2) is 0 Å². The summed E-state index contributed by atoms with van der Waals surface area (Å²) in [6.45, 7) is 3.96. The fourth-order valence-corrected chi connectivity index (χ4v) is 0.846. The van der Waals surface area contributed by atoms with E-state index >= 15 is 0 Å². The first-order chi connectivity index (χ1) is 3.93. The lowest BCUT2D eigenvalue weighted by Crippen LogP contribution is -2.23. The standard InChI is InChI=1S/C5H12N2O/c1-8-5-7-3-2-6-4-7/h6H,2-5H2,1H3. The van der Waals surface area contributed by atoms with Crippen LogP contribution in [0.4, 0.5) is 0 Å². The summed E-state index contributed by atoms with van der Waals surface area (Å²) in [6.07, 6.45) is 0. The van der Waals surface area contributed by atoms with Crippen molar-refractivity contribution in [1.82, 2.24) is 10.2 Å². The first-order valence-electron chi connectivity index (χ1n) is 2.85. The first-order valence-corrected chi connectivity index (χ1v) is 2.85. The topological polar surface area (TPSA) is 24.5 Å².